The summed E-state index contributed by atoms with van der Waals surface area (Å²) in [7, 11) is -1.54. The van der Waals surface area contributed by atoms with Crippen LogP contribution in [0.2, 0.25) is 0 Å². The Balaban J connectivity index is 2.07. The molecule has 1 N–H and O–H groups in total. The van der Waals surface area contributed by atoms with E-state index >= 15 is 0 Å². The second-order valence-corrected chi connectivity index (χ2v) is 6.69. The van der Waals surface area contributed by atoms with Crippen molar-refractivity contribution in [2.75, 3.05) is 25.2 Å². The highest BCUT2D eigenvalue weighted by molar-refractivity contribution is 7.91. The van der Waals surface area contributed by atoms with Crippen LogP contribution in [0.25, 0.3) is 0 Å². The molecule has 1 spiro atoms. The van der Waals surface area contributed by atoms with Crippen LogP contribution in [0.3, 0.4) is 0 Å². The fourth-order valence-corrected chi connectivity index (χ4v) is 4.69. The van der Waals surface area contributed by atoms with Crippen molar-refractivity contribution in [2.45, 2.75) is 18.9 Å². The predicted molar refractivity (Wildman–Crippen MR) is 54.1 cm³/mol. The number of hydrogen-bond donors (Lipinski definition) is 1. The van der Waals surface area contributed by atoms with Gasteiger partial charge in [0.05, 0.1) is 18.6 Å². The first-order valence-corrected chi connectivity index (χ1v) is 6.80. The third-order valence-electron chi connectivity index (χ3n) is 3.32. The highest BCUT2D eigenvalue weighted by Gasteiger charge is 2.48. The average molecular weight is 233 g/mol. The largest absolute Gasteiger partial charge is 0.468 e. The third kappa shape index (κ3) is 2.01. The molecule has 0 aromatic rings. The summed E-state index contributed by atoms with van der Waals surface area (Å²) >= 11 is 0. The summed E-state index contributed by atoms with van der Waals surface area (Å²) in [4.78, 5) is 11.3. The summed E-state index contributed by atoms with van der Waals surface area (Å²) in [5, 5.41) is 3.04. The van der Waals surface area contributed by atoms with Crippen molar-refractivity contribution in [1.82, 2.24) is 5.32 Å². The SMILES string of the molecule is COC(=O)C1CC2(CCS(=O)(=O)C2)CN1. The average Bonchev–Trinajstić information content (AvgIpc) is 2.70. The molecule has 0 aliphatic carbocycles. The van der Waals surface area contributed by atoms with Gasteiger partial charge < -0.3 is 10.1 Å². The molecule has 0 amide bonds. The molecular weight excluding hydrogens is 218 g/mol. The Morgan fingerprint density at radius 2 is 2.27 bits per heavy atom. The highest BCUT2D eigenvalue weighted by atomic mass is 32.2. The number of rotatable bonds is 1. The highest BCUT2D eigenvalue weighted by Crippen LogP contribution is 2.39. The van der Waals surface area contributed by atoms with Gasteiger partial charge in [-0.15, -0.1) is 0 Å². The van der Waals surface area contributed by atoms with E-state index in [9.17, 15) is 13.2 Å². The van der Waals surface area contributed by atoms with Crippen LogP contribution in [-0.2, 0) is 19.4 Å². The molecule has 2 saturated heterocycles. The van der Waals surface area contributed by atoms with Gasteiger partial charge in [0.25, 0.3) is 0 Å². The number of esters is 1. The summed E-state index contributed by atoms with van der Waals surface area (Å²) < 4.78 is 27.4. The number of methoxy groups -OCH3 is 1. The van der Waals surface area contributed by atoms with Crippen LogP contribution in [0.15, 0.2) is 0 Å². The van der Waals surface area contributed by atoms with Crippen LogP contribution in [0.1, 0.15) is 12.8 Å². The van der Waals surface area contributed by atoms with E-state index in [-0.39, 0.29) is 28.9 Å². The van der Waals surface area contributed by atoms with Gasteiger partial charge in [0.1, 0.15) is 6.04 Å². The summed E-state index contributed by atoms with van der Waals surface area (Å²) in [5.41, 5.74) is -0.225. The molecule has 0 saturated carbocycles. The van der Waals surface area contributed by atoms with E-state index in [1.54, 1.807) is 0 Å². The van der Waals surface area contributed by atoms with Gasteiger partial charge in [-0.2, -0.15) is 0 Å². The van der Waals surface area contributed by atoms with Gasteiger partial charge in [0.2, 0.25) is 0 Å². The maximum Gasteiger partial charge on any atom is 0.322 e. The Labute approximate surface area is 89.1 Å². The van der Waals surface area contributed by atoms with Crippen molar-refractivity contribution in [2.24, 2.45) is 5.41 Å². The van der Waals surface area contributed by atoms with Gasteiger partial charge in [0, 0.05) is 6.54 Å². The monoisotopic (exact) mass is 233 g/mol. The van der Waals surface area contributed by atoms with Gasteiger partial charge in [0.15, 0.2) is 9.84 Å². The van der Waals surface area contributed by atoms with Gasteiger partial charge in [-0.25, -0.2) is 8.42 Å². The number of sulfone groups is 1. The first kappa shape index (κ1) is 10.9. The van der Waals surface area contributed by atoms with Crippen molar-refractivity contribution < 1.29 is 17.9 Å². The predicted octanol–water partition coefficient (Wildman–Crippen LogP) is -0.674. The lowest BCUT2D eigenvalue weighted by atomic mass is 9.85. The molecule has 0 aromatic carbocycles. The lowest BCUT2D eigenvalue weighted by Gasteiger charge is -2.18. The molecule has 5 nitrogen and oxygen atoms in total. The fraction of sp³-hybridized carbons (Fsp3) is 0.889. The number of carbonyl (C=O) groups is 1. The Morgan fingerprint density at radius 3 is 2.80 bits per heavy atom. The molecule has 6 heteroatoms. The van der Waals surface area contributed by atoms with E-state index in [1.807, 2.05) is 0 Å². The van der Waals surface area contributed by atoms with Crippen molar-refractivity contribution in [3.05, 3.63) is 0 Å². The van der Waals surface area contributed by atoms with E-state index < -0.39 is 9.84 Å². The standard InChI is InChI=1S/C9H15NO4S/c1-14-8(11)7-4-9(5-10-7)2-3-15(12,13)6-9/h7,10H,2-6H2,1H3. The van der Waals surface area contributed by atoms with Crippen molar-refractivity contribution in [3.8, 4) is 0 Å². The first-order valence-electron chi connectivity index (χ1n) is 4.98. The topological polar surface area (TPSA) is 72.5 Å². The molecule has 2 aliphatic rings. The smallest absolute Gasteiger partial charge is 0.322 e. The van der Waals surface area contributed by atoms with Gasteiger partial charge in [-0.3, -0.25) is 4.79 Å². The van der Waals surface area contributed by atoms with Gasteiger partial charge in [-0.1, -0.05) is 0 Å². The van der Waals surface area contributed by atoms with Gasteiger partial charge >= 0.3 is 5.97 Å². The molecule has 86 valence electrons. The number of hydrogen-bond acceptors (Lipinski definition) is 5. The lowest BCUT2D eigenvalue weighted by Crippen LogP contribution is -2.31. The molecule has 2 unspecified atom stereocenters. The van der Waals surface area contributed by atoms with Crippen LogP contribution in [0, 0.1) is 5.41 Å². The van der Waals surface area contributed by atoms with E-state index in [1.165, 1.54) is 7.11 Å². The van der Waals surface area contributed by atoms with Crippen LogP contribution >= 0.6 is 0 Å². The van der Waals surface area contributed by atoms with Crippen molar-refractivity contribution in [3.63, 3.8) is 0 Å². The number of nitrogens with one attached hydrogen (secondary N) is 1. The van der Waals surface area contributed by atoms with Crippen LogP contribution in [0.5, 0.6) is 0 Å². The molecule has 2 rings (SSSR count). The Morgan fingerprint density at radius 1 is 1.53 bits per heavy atom. The second kappa shape index (κ2) is 3.45. The first-order chi connectivity index (χ1) is 6.96. The molecule has 2 atom stereocenters. The third-order valence-corrected chi connectivity index (χ3v) is 5.19. The Kier molecular flexibility index (Phi) is 2.50. The summed E-state index contributed by atoms with van der Waals surface area (Å²) in [6.07, 6.45) is 1.24. The van der Waals surface area contributed by atoms with E-state index in [4.69, 9.17) is 0 Å². The maximum atomic E-state index is 11.4. The molecule has 0 aromatic heterocycles. The summed E-state index contributed by atoms with van der Waals surface area (Å²) in [6.45, 7) is 0.603. The zero-order chi connectivity index (χ0) is 11.1. The molecule has 0 bridgehead atoms. The van der Waals surface area contributed by atoms with Crippen LogP contribution in [0.4, 0.5) is 0 Å². The summed E-state index contributed by atoms with van der Waals surface area (Å²) in [6, 6.07) is -0.330. The Bertz CT molecular complexity index is 378. The van der Waals surface area contributed by atoms with Crippen molar-refractivity contribution in [1.29, 1.82) is 0 Å². The van der Waals surface area contributed by atoms with Crippen LogP contribution in [-0.4, -0.2) is 45.6 Å². The molecule has 15 heavy (non-hydrogen) atoms. The van der Waals surface area contributed by atoms with E-state index in [0.29, 0.717) is 19.4 Å². The van der Waals surface area contributed by atoms with Crippen LogP contribution < -0.4 is 5.32 Å². The fourth-order valence-electron chi connectivity index (χ4n) is 2.51. The quantitative estimate of drug-likeness (QED) is 0.608. The molecular formula is C9H15NO4S. The van der Waals surface area contributed by atoms with Gasteiger partial charge in [-0.05, 0) is 18.3 Å². The lowest BCUT2D eigenvalue weighted by molar-refractivity contribution is -0.142. The summed E-state index contributed by atoms with van der Waals surface area (Å²) in [5.74, 6) is 0.166. The molecule has 2 fully saturated rings. The minimum Gasteiger partial charge on any atom is -0.468 e. The normalized spacial score (nSPS) is 38.3. The maximum absolute atomic E-state index is 11.4. The second-order valence-electron chi connectivity index (χ2n) is 4.50. The zero-order valence-corrected chi connectivity index (χ0v) is 9.47. The Hall–Kier alpha value is -0.620. The molecule has 2 heterocycles. The van der Waals surface area contributed by atoms with E-state index in [0.717, 1.165) is 0 Å². The number of carbonyl (C=O) groups excluding carboxylic acids is 1. The molecule has 2 aliphatic heterocycles. The zero-order valence-electron chi connectivity index (χ0n) is 8.65. The van der Waals surface area contributed by atoms with Crippen molar-refractivity contribution >= 4 is 15.8 Å². The van der Waals surface area contributed by atoms with E-state index in [2.05, 4.69) is 10.1 Å². The number of ether oxygens (including phenoxy) is 1. The minimum absolute atomic E-state index is 0.209. The minimum atomic E-state index is -2.89. The molecule has 0 radical (unpaired) electrons.